The number of amides is 2. The molecule has 1 unspecified atom stereocenters. The molecule has 0 aliphatic heterocycles. The first kappa shape index (κ1) is 26.4. The van der Waals surface area contributed by atoms with E-state index in [0.29, 0.717) is 31.2 Å². The summed E-state index contributed by atoms with van der Waals surface area (Å²) < 4.78 is 5.83. The van der Waals surface area contributed by atoms with Gasteiger partial charge in [0.15, 0.2) is 6.61 Å². The van der Waals surface area contributed by atoms with Crippen molar-refractivity contribution in [2.75, 3.05) is 13.2 Å². The van der Waals surface area contributed by atoms with Crippen molar-refractivity contribution in [3.63, 3.8) is 0 Å². The average Bonchev–Trinajstić information content (AvgIpc) is 2.76. The molecule has 0 aromatic heterocycles. The molecule has 180 valence electrons. The number of aryl methyl sites for hydroxylation is 1. The van der Waals surface area contributed by atoms with Crippen molar-refractivity contribution in [3.05, 3.63) is 65.2 Å². The quantitative estimate of drug-likeness (QED) is 0.536. The normalized spacial score (nSPS) is 12.4. The maximum atomic E-state index is 13.3. The van der Waals surface area contributed by atoms with Crippen LogP contribution in [0.1, 0.15) is 64.7 Å². The van der Waals surface area contributed by atoms with Crippen molar-refractivity contribution < 1.29 is 14.3 Å². The molecule has 2 aromatic carbocycles. The number of carbonyl (C=O) groups excluding carboxylic acids is 2. The highest BCUT2D eigenvalue weighted by Gasteiger charge is 2.29. The summed E-state index contributed by atoms with van der Waals surface area (Å²) in [6, 6.07) is 15.2. The van der Waals surface area contributed by atoms with Gasteiger partial charge in [0.25, 0.3) is 5.91 Å². The summed E-state index contributed by atoms with van der Waals surface area (Å²) in [4.78, 5) is 27.9. The Labute approximate surface area is 199 Å². The van der Waals surface area contributed by atoms with Crippen LogP contribution in [0.4, 0.5) is 0 Å². The van der Waals surface area contributed by atoms with Crippen LogP contribution in [0.25, 0.3) is 0 Å². The van der Waals surface area contributed by atoms with Crippen molar-refractivity contribution >= 4 is 11.8 Å². The van der Waals surface area contributed by atoms with Gasteiger partial charge in [-0.2, -0.15) is 0 Å². The van der Waals surface area contributed by atoms with Crippen molar-refractivity contribution in [3.8, 4) is 5.75 Å². The van der Waals surface area contributed by atoms with Crippen molar-refractivity contribution in [2.24, 2.45) is 5.92 Å². The summed E-state index contributed by atoms with van der Waals surface area (Å²) in [6.07, 6.45) is 0.530. The van der Waals surface area contributed by atoms with Crippen LogP contribution in [0.3, 0.4) is 0 Å². The Balaban J connectivity index is 2.19. The number of rotatable bonds is 10. The monoisotopic (exact) mass is 452 g/mol. The number of benzene rings is 2. The van der Waals surface area contributed by atoms with E-state index in [1.807, 2.05) is 62.4 Å². The number of carbonyl (C=O) groups is 2. The Morgan fingerprint density at radius 2 is 1.67 bits per heavy atom. The lowest BCUT2D eigenvalue weighted by Crippen LogP contribution is -2.50. The summed E-state index contributed by atoms with van der Waals surface area (Å²) >= 11 is 0. The first-order valence-corrected chi connectivity index (χ1v) is 11.9. The lowest BCUT2D eigenvalue weighted by Gasteiger charge is -2.31. The van der Waals surface area contributed by atoms with Gasteiger partial charge in [0.1, 0.15) is 11.8 Å². The van der Waals surface area contributed by atoms with Crippen LogP contribution in [0.15, 0.2) is 48.5 Å². The molecule has 1 N–H and O–H groups in total. The molecular weight excluding hydrogens is 412 g/mol. The fourth-order valence-electron chi connectivity index (χ4n) is 3.59. The second kappa shape index (κ2) is 11.9. The van der Waals surface area contributed by atoms with Crippen LogP contribution < -0.4 is 10.1 Å². The molecule has 0 fully saturated rings. The number of hydrogen-bond donors (Lipinski definition) is 1. The Bertz CT molecular complexity index is 913. The molecule has 1 atom stereocenters. The summed E-state index contributed by atoms with van der Waals surface area (Å²) in [5.74, 6) is 0.656. The van der Waals surface area contributed by atoms with Crippen molar-refractivity contribution in [2.45, 2.75) is 72.9 Å². The van der Waals surface area contributed by atoms with Gasteiger partial charge in [-0.05, 0) is 53.5 Å². The predicted octanol–water partition coefficient (Wildman–Crippen LogP) is 5.25. The number of ether oxygens (including phenoxy) is 1. The third-order valence-corrected chi connectivity index (χ3v) is 5.76. The second-order valence-corrected chi connectivity index (χ2v) is 10.1. The van der Waals surface area contributed by atoms with E-state index in [2.05, 4.69) is 39.9 Å². The topological polar surface area (TPSA) is 58.6 Å². The maximum absolute atomic E-state index is 13.3. The Morgan fingerprint density at radius 1 is 1.03 bits per heavy atom. The van der Waals surface area contributed by atoms with E-state index in [1.54, 1.807) is 4.90 Å². The van der Waals surface area contributed by atoms with Crippen LogP contribution in [-0.4, -0.2) is 35.9 Å². The molecule has 0 radical (unpaired) electrons. The molecule has 33 heavy (non-hydrogen) atoms. The van der Waals surface area contributed by atoms with Crippen LogP contribution in [0, 0.1) is 12.8 Å². The molecule has 2 amide bonds. The molecule has 2 rings (SSSR count). The largest absolute Gasteiger partial charge is 0.484 e. The SMILES string of the molecule is CCC(C(=O)NCC(C)C)N(Cc1ccccc1C)C(=O)COc1ccc(C(C)(C)C)cc1. The average molecular weight is 453 g/mol. The van der Waals surface area contributed by atoms with Gasteiger partial charge in [0.2, 0.25) is 5.91 Å². The summed E-state index contributed by atoms with van der Waals surface area (Å²) in [5.41, 5.74) is 3.37. The lowest BCUT2D eigenvalue weighted by molar-refractivity contribution is -0.143. The fraction of sp³-hybridized carbons (Fsp3) is 0.500. The fourth-order valence-corrected chi connectivity index (χ4v) is 3.59. The molecule has 0 bridgehead atoms. The smallest absolute Gasteiger partial charge is 0.261 e. The summed E-state index contributed by atoms with van der Waals surface area (Å²) in [5, 5.41) is 2.99. The van der Waals surface area contributed by atoms with Crippen LogP contribution >= 0.6 is 0 Å². The van der Waals surface area contributed by atoms with Gasteiger partial charge in [-0.15, -0.1) is 0 Å². The van der Waals surface area contributed by atoms with E-state index in [-0.39, 0.29) is 23.8 Å². The minimum atomic E-state index is -0.553. The maximum Gasteiger partial charge on any atom is 0.261 e. The first-order valence-electron chi connectivity index (χ1n) is 11.9. The zero-order valence-corrected chi connectivity index (χ0v) is 21.3. The predicted molar refractivity (Wildman–Crippen MR) is 134 cm³/mol. The van der Waals surface area contributed by atoms with E-state index in [4.69, 9.17) is 4.74 Å². The van der Waals surface area contributed by atoms with Crippen molar-refractivity contribution in [1.29, 1.82) is 0 Å². The Hall–Kier alpha value is -2.82. The zero-order valence-electron chi connectivity index (χ0n) is 21.3. The van der Waals surface area contributed by atoms with Gasteiger partial charge >= 0.3 is 0 Å². The standard InChI is InChI=1S/C28H40N2O3/c1-8-25(27(32)29-17-20(2)3)30(18-22-12-10-9-11-21(22)4)26(31)19-33-24-15-13-23(14-16-24)28(5,6)7/h9-16,20,25H,8,17-19H2,1-7H3,(H,29,32). The van der Waals surface area contributed by atoms with E-state index in [0.717, 1.165) is 11.1 Å². The van der Waals surface area contributed by atoms with Gasteiger partial charge < -0.3 is 15.0 Å². The Kier molecular flexibility index (Phi) is 9.51. The Morgan fingerprint density at radius 3 is 2.21 bits per heavy atom. The lowest BCUT2D eigenvalue weighted by atomic mass is 9.87. The van der Waals surface area contributed by atoms with Gasteiger partial charge in [-0.25, -0.2) is 0 Å². The molecule has 0 heterocycles. The van der Waals surface area contributed by atoms with Crippen LogP contribution in [-0.2, 0) is 21.5 Å². The molecule has 5 heteroatoms. The zero-order chi connectivity index (χ0) is 24.6. The highest BCUT2D eigenvalue weighted by atomic mass is 16.5. The van der Waals surface area contributed by atoms with Gasteiger partial charge in [-0.1, -0.05) is 77.9 Å². The molecule has 2 aromatic rings. The molecule has 0 spiro atoms. The molecular formula is C28H40N2O3. The highest BCUT2D eigenvalue weighted by Crippen LogP contribution is 2.24. The minimum absolute atomic E-state index is 0.0520. The number of hydrogen-bond acceptors (Lipinski definition) is 3. The first-order chi connectivity index (χ1) is 15.5. The van der Waals surface area contributed by atoms with Crippen LogP contribution in [0.5, 0.6) is 5.75 Å². The van der Waals surface area contributed by atoms with E-state index < -0.39 is 6.04 Å². The third kappa shape index (κ3) is 7.92. The molecule has 0 saturated heterocycles. The molecule has 0 aliphatic rings. The van der Waals surface area contributed by atoms with E-state index in [9.17, 15) is 9.59 Å². The molecule has 0 aliphatic carbocycles. The highest BCUT2D eigenvalue weighted by molar-refractivity contribution is 5.88. The minimum Gasteiger partial charge on any atom is -0.484 e. The number of nitrogens with zero attached hydrogens (tertiary/aromatic N) is 1. The third-order valence-electron chi connectivity index (χ3n) is 5.76. The molecule has 5 nitrogen and oxygen atoms in total. The number of nitrogens with one attached hydrogen (secondary N) is 1. The second-order valence-electron chi connectivity index (χ2n) is 10.1. The van der Waals surface area contributed by atoms with Gasteiger partial charge in [0, 0.05) is 13.1 Å². The summed E-state index contributed by atoms with van der Waals surface area (Å²) in [6.45, 7) is 15.4. The van der Waals surface area contributed by atoms with E-state index in [1.165, 1.54) is 5.56 Å². The van der Waals surface area contributed by atoms with Crippen molar-refractivity contribution in [1.82, 2.24) is 10.2 Å². The molecule has 0 saturated carbocycles. The van der Waals surface area contributed by atoms with E-state index >= 15 is 0 Å². The van der Waals surface area contributed by atoms with Gasteiger partial charge in [-0.3, -0.25) is 9.59 Å². The summed E-state index contributed by atoms with van der Waals surface area (Å²) in [7, 11) is 0. The van der Waals surface area contributed by atoms with Crippen LogP contribution in [0.2, 0.25) is 0 Å². The van der Waals surface area contributed by atoms with Gasteiger partial charge in [0.05, 0.1) is 0 Å².